The molecule has 1 fully saturated rings. The summed E-state index contributed by atoms with van der Waals surface area (Å²) in [4.78, 5) is 0. The summed E-state index contributed by atoms with van der Waals surface area (Å²) in [5.41, 5.74) is 0.300. The summed E-state index contributed by atoms with van der Waals surface area (Å²) in [6.45, 7) is 12.4. The van der Waals surface area contributed by atoms with E-state index in [1.807, 2.05) is 24.3 Å². The fourth-order valence-electron chi connectivity index (χ4n) is 2.05. The average Bonchev–Trinajstić information content (AvgIpc) is 2.59. The molecule has 0 amide bonds. The normalized spacial score (nSPS) is 21.8. The van der Waals surface area contributed by atoms with E-state index in [0.717, 1.165) is 17.6 Å². The van der Waals surface area contributed by atoms with Crippen molar-refractivity contribution in [1.29, 1.82) is 0 Å². The van der Waals surface area contributed by atoms with E-state index in [0.29, 0.717) is 0 Å². The van der Waals surface area contributed by atoms with Gasteiger partial charge in [-0.3, -0.25) is 0 Å². The topological polar surface area (TPSA) is 27.7 Å². The van der Waals surface area contributed by atoms with Crippen molar-refractivity contribution in [2.45, 2.75) is 65.3 Å². The Morgan fingerprint density at radius 3 is 2.20 bits per heavy atom. The van der Waals surface area contributed by atoms with E-state index in [9.17, 15) is 0 Å². The van der Waals surface area contributed by atoms with Crippen molar-refractivity contribution < 1.29 is 14.0 Å². The molecule has 0 bridgehead atoms. The van der Waals surface area contributed by atoms with Crippen LogP contribution in [0, 0.1) is 0 Å². The van der Waals surface area contributed by atoms with Crippen LogP contribution in [0.15, 0.2) is 24.3 Å². The number of rotatable bonds is 4. The van der Waals surface area contributed by atoms with Gasteiger partial charge >= 0.3 is 7.12 Å². The van der Waals surface area contributed by atoms with Gasteiger partial charge in [-0.1, -0.05) is 25.1 Å². The Kier molecular flexibility index (Phi) is 4.17. The van der Waals surface area contributed by atoms with Gasteiger partial charge in [-0.05, 0) is 47.1 Å². The van der Waals surface area contributed by atoms with Gasteiger partial charge < -0.3 is 14.0 Å². The Morgan fingerprint density at radius 2 is 1.65 bits per heavy atom. The van der Waals surface area contributed by atoms with Gasteiger partial charge in [-0.25, -0.2) is 0 Å². The summed E-state index contributed by atoms with van der Waals surface area (Å²) in [7, 11) is -0.375. The standard InChI is InChI=1S/C16H25BO3/c1-7-12(2)18-14-11-9-8-10-13(14)17-19-15(3,4)16(5,6)20-17/h8-12H,7H2,1-6H3. The second-order valence-electron chi connectivity index (χ2n) is 6.46. The van der Waals surface area contributed by atoms with Gasteiger partial charge in [0.15, 0.2) is 0 Å². The van der Waals surface area contributed by atoms with Crippen LogP contribution in [0.2, 0.25) is 0 Å². The SMILES string of the molecule is CCC(C)Oc1ccccc1B1OC(C)(C)C(C)(C)O1. The van der Waals surface area contributed by atoms with E-state index in [1.54, 1.807) is 0 Å². The zero-order valence-electron chi connectivity index (χ0n) is 13.4. The zero-order valence-corrected chi connectivity index (χ0v) is 13.4. The molecule has 0 saturated carbocycles. The van der Waals surface area contributed by atoms with Crippen LogP contribution >= 0.6 is 0 Å². The van der Waals surface area contributed by atoms with Crippen LogP contribution in [-0.4, -0.2) is 24.4 Å². The molecule has 0 N–H and O–H groups in total. The summed E-state index contributed by atoms with van der Waals surface area (Å²) in [6.07, 6.45) is 1.15. The minimum absolute atomic E-state index is 0.179. The van der Waals surface area contributed by atoms with E-state index in [2.05, 4.69) is 41.5 Å². The van der Waals surface area contributed by atoms with Gasteiger partial charge in [0.25, 0.3) is 0 Å². The smallest absolute Gasteiger partial charge is 0.491 e. The fourth-order valence-corrected chi connectivity index (χ4v) is 2.05. The van der Waals surface area contributed by atoms with E-state index >= 15 is 0 Å². The Balaban J connectivity index is 2.26. The molecule has 1 aromatic carbocycles. The van der Waals surface area contributed by atoms with Crippen molar-refractivity contribution in [2.75, 3.05) is 0 Å². The second kappa shape index (κ2) is 5.42. The molecule has 1 aliphatic heterocycles. The molecule has 1 aliphatic rings. The molecule has 1 saturated heterocycles. The number of para-hydroxylation sites is 1. The van der Waals surface area contributed by atoms with Crippen LogP contribution in [0.25, 0.3) is 0 Å². The molecule has 2 rings (SSSR count). The minimum atomic E-state index is -0.375. The summed E-state index contributed by atoms with van der Waals surface area (Å²) in [5.74, 6) is 0.848. The lowest BCUT2D eigenvalue weighted by atomic mass is 9.78. The molecule has 0 spiro atoms. The molecule has 1 atom stereocenters. The van der Waals surface area contributed by atoms with Crippen molar-refractivity contribution in [2.24, 2.45) is 0 Å². The van der Waals surface area contributed by atoms with Gasteiger partial charge in [-0.2, -0.15) is 0 Å². The molecular weight excluding hydrogens is 251 g/mol. The second-order valence-corrected chi connectivity index (χ2v) is 6.46. The predicted molar refractivity (Wildman–Crippen MR) is 82.5 cm³/mol. The van der Waals surface area contributed by atoms with Crippen LogP contribution in [0.4, 0.5) is 0 Å². The van der Waals surface area contributed by atoms with Crippen LogP contribution in [-0.2, 0) is 9.31 Å². The molecule has 110 valence electrons. The highest BCUT2D eigenvalue weighted by atomic mass is 16.7. The van der Waals surface area contributed by atoms with Gasteiger partial charge in [0.05, 0.1) is 17.3 Å². The molecule has 1 aromatic rings. The lowest BCUT2D eigenvalue weighted by Gasteiger charge is -2.32. The molecular formula is C16H25BO3. The molecule has 3 nitrogen and oxygen atoms in total. The predicted octanol–water partition coefficient (Wildman–Crippen LogP) is 3.16. The summed E-state index contributed by atoms with van der Waals surface area (Å²) in [5, 5.41) is 0. The maximum atomic E-state index is 6.10. The fraction of sp³-hybridized carbons (Fsp3) is 0.625. The summed E-state index contributed by atoms with van der Waals surface area (Å²) >= 11 is 0. The van der Waals surface area contributed by atoms with Crippen LogP contribution in [0.3, 0.4) is 0 Å². The first kappa shape index (κ1) is 15.4. The Hall–Kier alpha value is -0.995. The van der Waals surface area contributed by atoms with Gasteiger partial charge in [0, 0.05) is 5.46 Å². The number of ether oxygens (including phenoxy) is 1. The minimum Gasteiger partial charge on any atom is -0.491 e. The third kappa shape index (κ3) is 2.86. The highest BCUT2D eigenvalue weighted by molar-refractivity contribution is 6.63. The molecule has 1 heterocycles. The maximum absolute atomic E-state index is 6.10. The zero-order chi connectivity index (χ0) is 15.0. The van der Waals surface area contributed by atoms with Crippen molar-refractivity contribution in [3.8, 4) is 5.75 Å². The third-order valence-corrected chi connectivity index (χ3v) is 4.33. The van der Waals surface area contributed by atoms with Crippen LogP contribution < -0.4 is 10.2 Å². The third-order valence-electron chi connectivity index (χ3n) is 4.33. The van der Waals surface area contributed by atoms with Gasteiger partial charge in [0.2, 0.25) is 0 Å². The molecule has 20 heavy (non-hydrogen) atoms. The molecule has 0 radical (unpaired) electrons. The largest absolute Gasteiger partial charge is 0.498 e. The molecule has 0 aromatic heterocycles. The first-order chi connectivity index (χ1) is 9.27. The van der Waals surface area contributed by atoms with Crippen LogP contribution in [0.5, 0.6) is 5.75 Å². The van der Waals surface area contributed by atoms with Gasteiger partial charge in [0.1, 0.15) is 5.75 Å². The highest BCUT2D eigenvalue weighted by Crippen LogP contribution is 2.37. The van der Waals surface area contributed by atoms with Crippen molar-refractivity contribution in [3.05, 3.63) is 24.3 Å². The molecule has 0 aliphatic carbocycles. The van der Waals surface area contributed by atoms with Crippen molar-refractivity contribution in [3.63, 3.8) is 0 Å². The van der Waals surface area contributed by atoms with Gasteiger partial charge in [-0.15, -0.1) is 0 Å². The number of benzene rings is 1. The van der Waals surface area contributed by atoms with Crippen molar-refractivity contribution in [1.82, 2.24) is 0 Å². The summed E-state index contributed by atoms with van der Waals surface area (Å²) < 4.78 is 18.2. The highest BCUT2D eigenvalue weighted by Gasteiger charge is 2.52. The molecule has 1 unspecified atom stereocenters. The number of hydrogen-bond acceptors (Lipinski definition) is 3. The first-order valence-electron chi connectivity index (χ1n) is 7.38. The lowest BCUT2D eigenvalue weighted by molar-refractivity contribution is 0.00578. The number of hydrogen-bond donors (Lipinski definition) is 0. The Bertz CT molecular complexity index is 455. The average molecular weight is 276 g/mol. The lowest BCUT2D eigenvalue weighted by Crippen LogP contribution is -2.41. The van der Waals surface area contributed by atoms with E-state index < -0.39 is 0 Å². The van der Waals surface area contributed by atoms with Crippen molar-refractivity contribution >= 4 is 12.6 Å². The Labute approximate surface area is 122 Å². The maximum Gasteiger partial charge on any atom is 0.498 e. The van der Waals surface area contributed by atoms with E-state index in [4.69, 9.17) is 14.0 Å². The van der Waals surface area contributed by atoms with E-state index in [1.165, 1.54) is 0 Å². The first-order valence-corrected chi connectivity index (χ1v) is 7.38. The molecule has 4 heteroatoms. The quantitative estimate of drug-likeness (QED) is 0.791. The monoisotopic (exact) mass is 276 g/mol. The van der Waals surface area contributed by atoms with E-state index in [-0.39, 0.29) is 24.4 Å². The Morgan fingerprint density at radius 1 is 1.10 bits per heavy atom. The summed E-state index contributed by atoms with van der Waals surface area (Å²) in [6, 6.07) is 7.96. The van der Waals surface area contributed by atoms with Crippen LogP contribution in [0.1, 0.15) is 48.0 Å².